The highest BCUT2D eigenvalue weighted by atomic mass is 16.1. The number of hydrogen-bond acceptors (Lipinski definition) is 2. The van der Waals surface area contributed by atoms with Gasteiger partial charge in [-0.05, 0) is 30.2 Å². The number of hydrogen-bond donors (Lipinski definition) is 2. The van der Waals surface area contributed by atoms with Crippen molar-refractivity contribution < 1.29 is 4.79 Å². The maximum absolute atomic E-state index is 12.2. The van der Waals surface area contributed by atoms with Gasteiger partial charge in [-0.1, -0.05) is 37.3 Å². The van der Waals surface area contributed by atoms with E-state index in [2.05, 4.69) is 5.32 Å². The molecule has 2 rings (SSSR count). The minimum atomic E-state index is -0.120. The molecule has 1 amide bonds. The molecule has 18 heavy (non-hydrogen) atoms. The average Bonchev–Trinajstić information content (AvgIpc) is 2.41. The van der Waals surface area contributed by atoms with E-state index in [-0.39, 0.29) is 5.91 Å². The number of nitrogens with two attached hydrogens (primary N) is 1. The van der Waals surface area contributed by atoms with Crippen molar-refractivity contribution in [3.05, 3.63) is 59.7 Å². The molecule has 0 radical (unpaired) electrons. The zero-order valence-corrected chi connectivity index (χ0v) is 10.3. The van der Waals surface area contributed by atoms with Crippen LogP contribution < -0.4 is 11.1 Å². The first kappa shape index (κ1) is 12.2. The predicted molar refractivity (Wildman–Crippen MR) is 74.6 cm³/mol. The number of nitrogen functional groups attached to an aromatic ring is 1. The van der Waals surface area contributed by atoms with E-state index in [1.165, 1.54) is 0 Å². The lowest BCUT2D eigenvalue weighted by Crippen LogP contribution is -2.15. The highest BCUT2D eigenvalue weighted by Crippen LogP contribution is 2.19. The summed E-state index contributed by atoms with van der Waals surface area (Å²) in [6, 6.07) is 14.8. The molecule has 0 aliphatic rings. The smallest absolute Gasteiger partial charge is 0.255 e. The van der Waals surface area contributed by atoms with Crippen LogP contribution in [0.1, 0.15) is 22.8 Å². The quantitative estimate of drug-likeness (QED) is 0.810. The molecule has 0 atom stereocenters. The lowest BCUT2D eigenvalue weighted by molar-refractivity contribution is 0.102. The summed E-state index contributed by atoms with van der Waals surface area (Å²) in [5.74, 6) is -0.120. The van der Waals surface area contributed by atoms with Crippen LogP contribution in [0.2, 0.25) is 0 Å². The van der Waals surface area contributed by atoms with Gasteiger partial charge in [0.2, 0.25) is 0 Å². The summed E-state index contributed by atoms with van der Waals surface area (Å²) in [6.07, 6.45) is 0.827. The summed E-state index contributed by atoms with van der Waals surface area (Å²) < 4.78 is 0. The van der Waals surface area contributed by atoms with E-state index in [1.807, 2.05) is 43.3 Å². The first-order valence-electron chi connectivity index (χ1n) is 5.96. The van der Waals surface area contributed by atoms with Crippen LogP contribution in [-0.4, -0.2) is 5.91 Å². The maximum Gasteiger partial charge on any atom is 0.255 e. The van der Waals surface area contributed by atoms with Crippen LogP contribution in [0.15, 0.2) is 48.5 Å². The summed E-state index contributed by atoms with van der Waals surface area (Å²) in [5, 5.41) is 2.84. The fourth-order valence-corrected chi connectivity index (χ4v) is 1.85. The molecule has 3 N–H and O–H groups in total. The summed E-state index contributed by atoms with van der Waals surface area (Å²) in [5.41, 5.74) is 8.75. The van der Waals surface area contributed by atoms with Crippen molar-refractivity contribution in [2.45, 2.75) is 13.3 Å². The molecule has 0 bridgehead atoms. The molecule has 3 nitrogen and oxygen atoms in total. The molecular weight excluding hydrogens is 224 g/mol. The van der Waals surface area contributed by atoms with Gasteiger partial charge in [-0.3, -0.25) is 4.79 Å². The highest BCUT2D eigenvalue weighted by Gasteiger charge is 2.10. The molecule has 0 saturated heterocycles. The predicted octanol–water partition coefficient (Wildman–Crippen LogP) is 3.08. The second kappa shape index (κ2) is 5.36. The van der Waals surface area contributed by atoms with Crippen LogP contribution in [0.4, 0.5) is 11.4 Å². The fraction of sp³-hybridized carbons (Fsp3) is 0.133. The highest BCUT2D eigenvalue weighted by molar-refractivity contribution is 6.06. The molecule has 0 aromatic heterocycles. The number of carbonyl (C=O) groups excluding carboxylic acids is 1. The van der Waals surface area contributed by atoms with E-state index >= 15 is 0 Å². The van der Waals surface area contributed by atoms with E-state index in [4.69, 9.17) is 5.73 Å². The number of rotatable bonds is 3. The Bertz CT molecular complexity index is 564. The third-order valence-corrected chi connectivity index (χ3v) is 2.85. The lowest BCUT2D eigenvalue weighted by atomic mass is 10.0. The van der Waals surface area contributed by atoms with Crippen LogP contribution in [0.3, 0.4) is 0 Å². The molecule has 0 aliphatic carbocycles. The topological polar surface area (TPSA) is 55.1 Å². The van der Waals surface area contributed by atoms with Gasteiger partial charge >= 0.3 is 0 Å². The SMILES string of the molecule is CCc1ccccc1C(=O)Nc1ccccc1N. The fourth-order valence-electron chi connectivity index (χ4n) is 1.85. The average molecular weight is 240 g/mol. The van der Waals surface area contributed by atoms with Crippen molar-refractivity contribution in [3.8, 4) is 0 Å². The first-order valence-corrected chi connectivity index (χ1v) is 5.96. The Morgan fingerprint density at radius 1 is 1.11 bits per heavy atom. The molecule has 0 heterocycles. The summed E-state index contributed by atoms with van der Waals surface area (Å²) in [4.78, 5) is 12.2. The van der Waals surface area contributed by atoms with Gasteiger partial charge in [0.1, 0.15) is 0 Å². The van der Waals surface area contributed by atoms with Gasteiger partial charge in [-0.15, -0.1) is 0 Å². The molecule has 2 aromatic carbocycles. The summed E-state index contributed by atoms with van der Waals surface area (Å²) >= 11 is 0. The van der Waals surface area contributed by atoms with Crippen molar-refractivity contribution in [3.63, 3.8) is 0 Å². The maximum atomic E-state index is 12.2. The summed E-state index contributed by atoms with van der Waals surface area (Å²) in [6.45, 7) is 2.03. The Morgan fingerprint density at radius 2 is 1.78 bits per heavy atom. The van der Waals surface area contributed by atoms with Crippen molar-refractivity contribution in [2.24, 2.45) is 0 Å². The molecule has 0 saturated carbocycles. The third-order valence-electron chi connectivity index (χ3n) is 2.85. The molecule has 0 spiro atoms. The van der Waals surface area contributed by atoms with Gasteiger partial charge in [0.15, 0.2) is 0 Å². The van der Waals surface area contributed by atoms with Gasteiger partial charge in [0.25, 0.3) is 5.91 Å². The van der Waals surface area contributed by atoms with Gasteiger partial charge in [-0.25, -0.2) is 0 Å². The zero-order chi connectivity index (χ0) is 13.0. The van der Waals surface area contributed by atoms with E-state index in [0.29, 0.717) is 16.9 Å². The Balaban J connectivity index is 2.25. The molecule has 3 heteroatoms. The second-order valence-corrected chi connectivity index (χ2v) is 4.05. The van der Waals surface area contributed by atoms with Crippen molar-refractivity contribution in [1.82, 2.24) is 0 Å². The normalized spacial score (nSPS) is 10.1. The van der Waals surface area contributed by atoms with E-state index < -0.39 is 0 Å². The van der Waals surface area contributed by atoms with Gasteiger partial charge in [-0.2, -0.15) is 0 Å². The zero-order valence-electron chi connectivity index (χ0n) is 10.3. The minimum absolute atomic E-state index is 0.120. The molecule has 2 aromatic rings. The van der Waals surface area contributed by atoms with Gasteiger partial charge < -0.3 is 11.1 Å². The molecule has 92 valence electrons. The second-order valence-electron chi connectivity index (χ2n) is 4.05. The Morgan fingerprint density at radius 3 is 2.50 bits per heavy atom. The molecule has 0 aliphatic heterocycles. The van der Waals surface area contributed by atoms with Crippen molar-refractivity contribution in [2.75, 3.05) is 11.1 Å². The van der Waals surface area contributed by atoms with Crippen LogP contribution in [0.5, 0.6) is 0 Å². The number of para-hydroxylation sites is 2. The van der Waals surface area contributed by atoms with Crippen molar-refractivity contribution >= 4 is 17.3 Å². The van der Waals surface area contributed by atoms with Crippen LogP contribution in [0, 0.1) is 0 Å². The monoisotopic (exact) mass is 240 g/mol. The van der Waals surface area contributed by atoms with Crippen LogP contribution in [-0.2, 0) is 6.42 Å². The Kier molecular flexibility index (Phi) is 3.63. The third kappa shape index (κ3) is 2.51. The Hall–Kier alpha value is -2.29. The molecular formula is C15H16N2O. The van der Waals surface area contributed by atoms with E-state index in [0.717, 1.165) is 12.0 Å². The number of aryl methyl sites for hydroxylation is 1. The standard InChI is InChI=1S/C15H16N2O/c1-2-11-7-3-4-8-12(11)15(18)17-14-10-6-5-9-13(14)16/h3-10H,2,16H2,1H3,(H,17,18). The number of nitrogens with one attached hydrogen (secondary N) is 1. The first-order chi connectivity index (χ1) is 8.72. The lowest BCUT2D eigenvalue weighted by Gasteiger charge is -2.10. The molecule has 0 unspecified atom stereocenters. The number of benzene rings is 2. The van der Waals surface area contributed by atoms with Crippen LogP contribution in [0.25, 0.3) is 0 Å². The minimum Gasteiger partial charge on any atom is -0.397 e. The number of anilines is 2. The molecule has 0 fully saturated rings. The van der Waals surface area contributed by atoms with E-state index in [1.54, 1.807) is 12.1 Å². The largest absolute Gasteiger partial charge is 0.397 e. The van der Waals surface area contributed by atoms with E-state index in [9.17, 15) is 4.79 Å². The Labute approximate surface area is 107 Å². The van der Waals surface area contributed by atoms with Crippen molar-refractivity contribution in [1.29, 1.82) is 0 Å². The number of carbonyl (C=O) groups is 1. The summed E-state index contributed by atoms with van der Waals surface area (Å²) in [7, 11) is 0. The van der Waals surface area contributed by atoms with Crippen LogP contribution >= 0.6 is 0 Å². The number of amides is 1. The van der Waals surface area contributed by atoms with Gasteiger partial charge in [0, 0.05) is 5.56 Å². The van der Waals surface area contributed by atoms with Gasteiger partial charge in [0.05, 0.1) is 11.4 Å².